The van der Waals surface area contributed by atoms with Crippen molar-refractivity contribution in [2.45, 2.75) is 19.1 Å². The van der Waals surface area contributed by atoms with Gasteiger partial charge in [0, 0.05) is 5.56 Å². The molecule has 2 aromatic rings. The van der Waals surface area contributed by atoms with Crippen molar-refractivity contribution < 1.29 is 18.9 Å². The molecule has 0 bridgehead atoms. The lowest BCUT2D eigenvalue weighted by Crippen LogP contribution is -2.05. The van der Waals surface area contributed by atoms with Gasteiger partial charge in [0.15, 0.2) is 11.6 Å². The van der Waals surface area contributed by atoms with Crippen LogP contribution in [0.4, 0.5) is 0 Å². The van der Waals surface area contributed by atoms with Crippen LogP contribution >= 0.6 is 0 Å². The summed E-state index contributed by atoms with van der Waals surface area (Å²) in [5.41, 5.74) is 2.01. The summed E-state index contributed by atoms with van der Waals surface area (Å²) in [6, 6.07) is 5.94. The number of aromatic nitrogens is 2. The van der Waals surface area contributed by atoms with Crippen molar-refractivity contribution in [2.24, 2.45) is 0 Å². The van der Waals surface area contributed by atoms with E-state index in [9.17, 15) is 0 Å². The molecule has 0 aliphatic carbocycles. The van der Waals surface area contributed by atoms with Crippen LogP contribution in [0.2, 0.25) is 0 Å². The summed E-state index contributed by atoms with van der Waals surface area (Å²) in [4.78, 5) is 8.73. The highest BCUT2D eigenvalue weighted by molar-refractivity contribution is 5.58. The van der Waals surface area contributed by atoms with E-state index in [0.29, 0.717) is 24.8 Å². The van der Waals surface area contributed by atoms with Gasteiger partial charge in [0.25, 0.3) is 0 Å². The third-order valence-corrected chi connectivity index (χ3v) is 3.73. The van der Waals surface area contributed by atoms with Crippen LogP contribution in [0, 0.1) is 6.92 Å². The highest BCUT2D eigenvalue weighted by Crippen LogP contribution is 2.25. The highest BCUT2D eigenvalue weighted by Gasteiger charge is 2.24. The SMILES string of the molecule is Cc1cc(-c2ncc(OCC3CO3)cn2)ccc1OCC1CO1. The first-order chi connectivity index (χ1) is 11.3. The molecule has 120 valence electrons. The molecule has 3 heterocycles. The second-order valence-electron chi connectivity index (χ2n) is 5.76. The lowest BCUT2D eigenvalue weighted by Gasteiger charge is -2.09. The average molecular weight is 314 g/mol. The van der Waals surface area contributed by atoms with Gasteiger partial charge in [0.1, 0.15) is 31.2 Å². The normalized spacial score (nSPS) is 21.8. The number of nitrogens with zero attached hydrogens (tertiary/aromatic N) is 2. The first-order valence-electron chi connectivity index (χ1n) is 7.70. The van der Waals surface area contributed by atoms with Crippen LogP contribution in [0.5, 0.6) is 11.5 Å². The Morgan fingerprint density at radius 3 is 2.30 bits per heavy atom. The molecule has 0 spiro atoms. The summed E-state index contributed by atoms with van der Waals surface area (Å²) in [6.45, 7) is 4.75. The van der Waals surface area contributed by atoms with Crippen molar-refractivity contribution in [1.82, 2.24) is 9.97 Å². The fourth-order valence-corrected chi connectivity index (χ4v) is 2.19. The van der Waals surface area contributed by atoms with E-state index < -0.39 is 0 Å². The Morgan fingerprint density at radius 1 is 1.04 bits per heavy atom. The van der Waals surface area contributed by atoms with Crippen molar-refractivity contribution in [3.63, 3.8) is 0 Å². The van der Waals surface area contributed by atoms with Gasteiger partial charge in [-0.15, -0.1) is 0 Å². The third kappa shape index (κ3) is 3.78. The topological polar surface area (TPSA) is 69.3 Å². The number of benzene rings is 1. The Labute approximate surface area is 134 Å². The molecule has 0 N–H and O–H groups in total. The van der Waals surface area contributed by atoms with Crippen molar-refractivity contribution in [3.8, 4) is 22.9 Å². The number of aryl methyl sites for hydroxylation is 1. The summed E-state index contributed by atoms with van der Waals surface area (Å²) >= 11 is 0. The number of epoxide rings is 2. The minimum absolute atomic E-state index is 0.228. The van der Waals surface area contributed by atoms with E-state index in [-0.39, 0.29) is 12.2 Å². The zero-order valence-electron chi connectivity index (χ0n) is 12.9. The number of hydrogen-bond acceptors (Lipinski definition) is 6. The van der Waals surface area contributed by atoms with Gasteiger partial charge in [0.05, 0.1) is 25.6 Å². The predicted octanol–water partition coefficient (Wildman–Crippen LogP) is 2.01. The molecule has 2 atom stereocenters. The lowest BCUT2D eigenvalue weighted by molar-refractivity contribution is 0.261. The van der Waals surface area contributed by atoms with Gasteiger partial charge < -0.3 is 18.9 Å². The van der Waals surface area contributed by atoms with Crippen LogP contribution in [0.3, 0.4) is 0 Å². The molecule has 4 rings (SSSR count). The van der Waals surface area contributed by atoms with Crippen molar-refractivity contribution >= 4 is 0 Å². The molecule has 2 aliphatic heterocycles. The van der Waals surface area contributed by atoms with Crippen LogP contribution < -0.4 is 9.47 Å². The summed E-state index contributed by atoms with van der Waals surface area (Å²) in [5.74, 6) is 2.19. The van der Waals surface area contributed by atoms with E-state index >= 15 is 0 Å². The number of rotatable bonds is 7. The fraction of sp³-hybridized carbons (Fsp3) is 0.412. The minimum Gasteiger partial charge on any atom is -0.491 e. The second kappa shape index (κ2) is 6.14. The highest BCUT2D eigenvalue weighted by atomic mass is 16.6. The summed E-state index contributed by atoms with van der Waals surface area (Å²) in [5, 5.41) is 0. The molecule has 1 aromatic carbocycles. The predicted molar refractivity (Wildman–Crippen MR) is 82.7 cm³/mol. The number of hydrogen-bond donors (Lipinski definition) is 0. The van der Waals surface area contributed by atoms with Gasteiger partial charge in [-0.05, 0) is 30.7 Å². The molecular formula is C17H18N2O4. The summed E-state index contributed by atoms with van der Waals surface area (Å²) < 4.78 is 21.5. The minimum atomic E-state index is 0.228. The molecule has 2 fully saturated rings. The van der Waals surface area contributed by atoms with Crippen LogP contribution in [0.25, 0.3) is 11.4 Å². The van der Waals surface area contributed by atoms with Gasteiger partial charge in [-0.2, -0.15) is 0 Å². The molecule has 6 nitrogen and oxygen atoms in total. The molecule has 0 amide bonds. The Bertz CT molecular complexity index is 681. The first-order valence-corrected chi connectivity index (χ1v) is 7.70. The van der Waals surface area contributed by atoms with E-state index in [1.165, 1.54) is 0 Å². The first kappa shape index (κ1) is 14.4. The third-order valence-electron chi connectivity index (χ3n) is 3.73. The van der Waals surface area contributed by atoms with E-state index in [2.05, 4.69) is 9.97 Å². The molecule has 2 unspecified atom stereocenters. The lowest BCUT2D eigenvalue weighted by atomic mass is 10.1. The van der Waals surface area contributed by atoms with Gasteiger partial charge in [0.2, 0.25) is 0 Å². The van der Waals surface area contributed by atoms with Crippen LogP contribution in [-0.4, -0.2) is 48.6 Å². The van der Waals surface area contributed by atoms with E-state index in [1.54, 1.807) is 12.4 Å². The maximum Gasteiger partial charge on any atom is 0.159 e. The maximum atomic E-state index is 5.73. The van der Waals surface area contributed by atoms with E-state index in [4.69, 9.17) is 18.9 Å². The van der Waals surface area contributed by atoms with Crippen LogP contribution in [0.1, 0.15) is 5.56 Å². The Kier molecular flexibility index (Phi) is 3.85. The van der Waals surface area contributed by atoms with Gasteiger partial charge in [-0.3, -0.25) is 0 Å². The van der Waals surface area contributed by atoms with Crippen LogP contribution in [-0.2, 0) is 9.47 Å². The number of ether oxygens (including phenoxy) is 4. The van der Waals surface area contributed by atoms with E-state index in [0.717, 1.165) is 30.1 Å². The van der Waals surface area contributed by atoms with Crippen molar-refractivity contribution in [2.75, 3.05) is 26.4 Å². The molecule has 2 saturated heterocycles. The Hall–Kier alpha value is -2.18. The molecule has 0 radical (unpaired) electrons. The molecular weight excluding hydrogens is 296 g/mol. The standard InChI is InChI=1S/C17H18N2O4/c1-11-4-12(2-3-16(11)23-10-15-9-22-15)17-18-5-13(6-19-17)20-7-14-8-21-14/h2-6,14-15H,7-10H2,1H3. The van der Waals surface area contributed by atoms with Gasteiger partial charge >= 0.3 is 0 Å². The second-order valence-corrected chi connectivity index (χ2v) is 5.76. The fourth-order valence-electron chi connectivity index (χ4n) is 2.19. The Balaban J connectivity index is 1.42. The smallest absolute Gasteiger partial charge is 0.159 e. The Morgan fingerprint density at radius 2 is 1.70 bits per heavy atom. The van der Waals surface area contributed by atoms with Crippen molar-refractivity contribution in [1.29, 1.82) is 0 Å². The average Bonchev–Trinajstić information content (AvgIpc) is 3.47. The molecule has 6 heteroatoms. The molecule has 2 aliphatic rings. The van der Waals surface area contributed by atoms with E-state index in [1.807, 2.05) is 25.1 Å². The molecule has 1 aromatic heterocycles. The summed E-state index contributed by atoms with van der Waals surface area (Å²) in [6.07, 6.45) is 3.86. The maximum absolute atomic E-state index is 5.73. The zero-order chi connectivity index (χ0) is 15.6. The molecule has 23 heavy (non-hydrogen) atoms. The quantitative estimate of drug-likeness (QED) is 0.728. The monoisotopic (exact) mass is 314 g/mol. The molecule has 0 saturated carbocycles. The largest absolute Gasteiger partial charge is 0.491 e. The van der Waals surface area contributed by atoms with Crippen molar-refractivity contribution in [3.05, 3.63) is 36.2 Å². The van der Waals surface area contributed by atoms with Gasteiger partial charge in [-0.25, -0.2) is 9.97 Å². The van der Waals surface area contributed by atoms with Gasteiger partial charge in [-0.1, -0.05) is 0 Å². The summed E-state index contributed by atoms with van der Waals surface area (Å²) in [7, 11) is 0. The van der Waals surface area contributed by atoms with Crippen LogP contribution in [0.15, 0.2) is 30.6 Å². The zero-order valence-corrected chi connectivity index (χ0v) is 12.9.